The fourth-order valence-corrected chi connectivity index (χ4v) is 2.86. The number of rotatable bonds is 2. The zero-order valence-electron chi connectivity index (χ0n) is 13.0. The van der Waals surface area contributed by atoms with E-state index >= 15 is 0 Å². The minimum absolute atomic E-state index is 0.0767. The van der Waals surface area contributed by atoms with Crippen LogP contribution in [0, 0.1) is 6.92 Å². The largest absolute Gasteiger partial charge is 0.341 e. The van der Waals surface area contributed by atoms with E-state index in [1.165, 1.54) is 0 Å². The molecular formula is C17H16N4O2. The van der Waals surface area contributed by atoms with Crippen molar-refractivity contribution in [2.75, 3.05) is 13.1 Å². The van der Waals surface area contributed by atoms with E-state index in [1.807, 2.05) is 37.3 Å². The lowest BCUT2D eigenvalue weighted by molar-refractivity contribution is -0.133. The van der Waals surface area contributed by atoms with Crippen molar-refractivity contribution in [1.82, 2.24) is 20.0 Å². The lowest BCUT2D eigenvalue weighted by atomic mass is 10.0. The van der Waals surface area contributed by atoms with Gasteiger partial charge in [0.15, 0.2) is 0 Å². The highest BCUT2D eigenvalue weighted by Crippen LogP contribution is 2.28. The summed E-state index contributed by atoms with van der Waals surface area (Å²) < 4.78 is 5.36. The van der Waals surface area contributed by atoms with Crippen molar-refractivity contribution in [2.45, 2.75) is 19.8 Å². The Morgan fingerprint density at radius 2 is 2.04 bits per heavy atom. The second-order valence-corrected chi connectivity index (χ2v) is 5.92. The van der Waals surface area contributed by atoms with E-state index in [0.29, 0.717) is 30.5 Å². The van der Waals surface area contributed by atoms with Gasteiger partial charge in [-0.05, 0) is 24.6 Å². The van der Waals surface area contributed by atoms with Crippen LogP contribution in [-0.4, -0.2) is 39.0 Å². The van der Waals surface area contributed by atoms with E-state index in [2.05, 4.69) is 15.1 Å². The molecule has 3 aromatic rings. The molecule has 0 bridgehead atoms. The zero-order chi connectivity index (χ0) is 16.0. The maximum Gasteiger partial charge on any atom is 0.233 e. The molecule has 0 spiro atoms. The summed E-state index contributed by atoms with van der Waals surface area (Å²) in [6.07, 6.45) is 0. The van der Waals surface area contributed by atoms with Crippen LogP contribution in [0.5, 0.6) is 0 Å². The van der Waals surface area contributed by atoms with Crippen molar-refractivity contribution in [3.8, 4) is 11.5 Å². The van der Waals surface area contributed by atoms with Gasteiger partial charge in [-0.25, -0.2) is 4.98 Å². The molecule has 2 aromatic heterocycles. The van der Waals surface area contributed by atoms with Gasteiger partial charge in [0.2, 0.25) is 17.6 Å². The fourth-order valence-electron chi connectivity index (χ4n) is 2.86. The van der Waals surface area contributed by atoms with Gasteiger partial charge in [-0.2, -0.15) is 4.98 Å². The predicted octanol–water partition coefficient (Wildman–Crippen LogP) is 2.54. The standard InChI is InChI=1S/C17H16N4O2/c1-10-7-15(18-14-6-4-3-5-13(10)14)16-19-17(23-20-16)12-8-21(9-12)11(2)22/h3-7,12H,8-9H2,1-2H3. The lowest BCUT2D eigenvalue weighted by Crippen LogP contribution is -2.47. The molecule has 6 heteroatoms. The van der Waals surface area contributed by atoms with Gasteiger partial charge in [0.05, 0.1) is 11.4 Å². The number of likely N-dealkylation sites (tertiary alicyclic amines) is 1. The van der Waals surface area contributed by atoms with Crippen molar-refractivity contribution in [1.29, 1.82) is 0 Å². The number of pyridine rings is 1. The first-order chi connectivity index (χ1) is 11.1. The van der Waals surface area contributed by atoms with Crippen molar-refractivity contribution in [3.63, 3.8) is 0 Å². The van der Waals surface area contributed by atoms with Crippen LogP contribution < -0.4 is 0 Å². The topological polar surface area (TPSA) is 72.1 Å². The van der Waals surface area contributed by atoms with E-state index in [0.717, 1.165) is 16.5 Å². The number of aryl methyl sites for hydroxylation is 1. The van der Waals surface area contributed by atoms with E-state index < -0.39 is 0 Å². The van der Waals surface area contributed by atoms with Crippen LogP contribution in [0.1, 0.15) is 24.3 Å². The molecule has 0 aliphatic carbocycles. The van der Waals surface area contributed by atoms with Gasteiger partial charge in [0.1, 0.15) is 5.69 Å². The average Bonchev–Trinajstić information content (AvgIpc) is 2.95. The Bertz CT molecular complexity index is 896. The van der Waals surface area contributed by atoms with E-state index in [1.54, 1.807) is 11.8 Å². The minimum Gasteiger partial charge on any atom is -0.341 e. The van der Waals surface area contributed by atoms with Gasteiger partial charge in [0.25, 0.3) is 0 Å². The van der Waals surface area contributed by atoms with Crippen molar-refractivity contribution in [2.24, 2.45) is 0 Å². The highest BCUT2D eigenvalue weighted by molar-refractivity contribution is 5.84. The summed E-state index contributed by atoms with van der Waals surface area (Å²) in [6.45, 7) is 4.89. The van der Waals surface area contributed by atoms with Crippen LogP contribution in [0.3, 0.4) is 0 Å². The summed E-state index contributed by atoms with van der Waals surface area (Å²) in [5, 5.41) is 5.18. The highest BCUT2D eigenvalue weighted by atomic mass is 16.5. The summed E-state index contributed by atoms with van der Waals surface area (Å²) in [5.41, 5.74) is 2.75. The summed E-state index contributed by atoms with van der Waals surface area (Å²) >= 11 is 0. The molecule has 1 amide bonds. The van der Waals surface area contributed by atoms with Crippen LogP contribution in [0.4, 0.5) is 0 Å². The molecule has 1 aromatic carbocycles. The van der Waals surface area contributed by atoms with Crippen molar-refractivity contribution < 1.29 is 9.32 Å². The second kappa shape index (κ2) is 5.15. The van der Waals surface area contributed by atoms with Crippen molar-refractivity contribution in [3.05, 3.63) is 41.8 Å². The average molecular weight is 308 g/mol. The van der Waals surface area contributed by atoms with E-state index in [-0.39, 0.29) is 11.8 Å². The van der Waals surface area contributed by atoms with Gasteiger partial charge >= 0.3 is 0 Å². The first-order valence-corrected chi connectivity index (χ1v) is 7.57. The molecule has 0 radical (unpaired) electrons. The number of hydrogen-bond donors (Lipinski definition) is 0. The molecule has 0 saturated carbocycles. The Kier molecular flexibility index (Phi) is 3.11. The third-order valence-electron chi connectivity index (χ3n) is 4.27. The monoisotopic (exact) mass is 308 g/mol. The molecule has 116 valence electrons. The van der Waals surface area contributed by atoms with Gasteiger partial charge in [0, 0.05) is 25.4 Å². The SMILES string of the molecule is CC(=O)N1CC(c2nc(-c3cc(C)c4ccccc4n3)no2)C1. The molecule has 6 nitrogen and oxygen atoms in total. The molecule has 1 fully saturated rings. The smallest absolute Gasteiger partial charge is 0.233 e. The lowest BCUT2D eigenvalue weighted by Gasteiger charge is -2.36. The van der Waals surface area contributed by atoms with Gasteiger partial charge in [-0.1, -0.05) is 23.4 Å². The first-order valence-electron chi connectivity index (χ1n) is 7.57. The molecule has 0 unspecified atom stereocenters. The van der Waals surface area contributed by atoms with Crippen LogP contribution in [-0.2, 0) is 4.79 Å². The number of amides is 1. The van der Waals surface area contributed by atoms with Crippen LogP contribution in [0.15, 0.2) is 34.9 Å². The predicted molar refractivity (Wildman–Crippen MR) is 84.8 cm³/mol. The number of para-hydroxylation sites is 1. The number of fused-ring (bicyclic) bond motifs is 1. The summed E-state index contributed by atoms with van der Waals surface area (Å²) in [4.78, 5) is 22.1. The minimum atomic E-state index is 0.0767. The Labute approximate surface area is 133 Å². The first kappa shape index (κ1) is 13.9. The highest BCUT2D eigenvalue weighted by Gasteiger charge is 2.34. The number of benzene rings is 1. The number of carbonyl (C=O) groups excluding carboxylic acids is 1. The Morgan fingerprint density at radius 3 is 2.83 bits per heavy atom. The van der Waals surface area contributed by atoms with E-state index in [4.69, 9.17) is 4.52 Å². The Balaban J connectivity index is 1.63. The third-order valence-corrected chi connectivity index (χ3v) is 4.27. The molecule has 3 heterocycles. The van der Waals surface area contributed by atoms with Crippen LogP contribution >= 0.6 is 0 Å². The molecule has 23 heavy (non-hydrogen) atoms. The third kappa shape index (κ3) is 2.36. The second-order valence-electron chi connectivity index (χ2n) is 5.92. The number of aromatic nitrogens is 3. The molecule has 0 atom stereocenters. The zero-order valence-corrected chi connectivity index (χ0v) is 13.0. The Morgan fingerprint density at radius 1 is 1.26 bits per heavy atom. The number of nitrogens with zero attached hydrogens (tertiary/aromatic N) is 4. The quantitative estimate of drug-likeness (QED) is 0.727. The Hall–Kier alpha value is -2.76. The van der Waals surface area contributed by atoms with Gasteiger partial charge in [-0.3, -0.25) is 4.79 Å². The molecule has 1 saturated heterocycles. The molecule has 4 rings (SSSR count). The molecule has 0 N–H and O–H groups in total. The maximum atomic E-state index is 11.2. The summed E-state index contributed by atoms with van der Waals surface area (Å²) in [7, 11) is 0. The molecule has 1 aliphatic rings. The summed E-state index contributed by atoms with van der Waals surface area (Å²) in [6, 6.07) is 9.96. The van der Waals surface area contributed by atoms with Crippen LogP contribution in [0.25, 0.3) is 22.4 Å². The molecular weight excluding hydrogens is 292 g/mol. The number of carbonyl (C=O) groups is 1. The van der Waals surface area contributed by atoms with Crippen molar-refractivity contribution >= 4 is 16.8 Å². The normalized spacial score (nSPS) is 15.0. The van der Waals surface area contributed by atoms with Gasteiger partial charge < -0.3 is 9.42 Å². The fraction of sp³-hybridized carbons (Fsp3) is 0.294. The van der Waals surface area contributed by atoms with Gasteiger partial charge in [-0.15, -0.1) is 0 Å². The van der Waals surface area contributed by atoms with E-state index in [9.17, 15) is 4.79 Å². The molecule has 1 aliphatic heterocycles. The maximum absolute atomic E-state index is 11.2. The summed E-state index contributed by atoms with van der Waals surface area (Å²) in [5.74, 6) is 1.27. The number of hydrogen-bond acceptors (Lipinski definition) is 5. The van der Waals surface area contributed by atoms with Crippen LogP contribution in [0.2, 0.25) is 0 Å².